The van der Waals surface area contributed by atoms with Gasteiger partial charge in [0.1, 0.15) is 0 Å². The summed E-state index contributed by atoms with van der Waals surface area (Å²) >= 11 is 0. The molecule has 0 aromatic rings. The molecule has 2 rings (SSSR count). The lowest BCUT2D eigenvalue weighted by Crippen LogP contribution is -2.45. The molecule has 0 radical (unpaired) electrons. The number of rotatable bonds is 5. The molecule has 0 aromatic carbocycles. The summed E-state index contributed by atoms with van der Waals surface area (Å²) in [5.74, 6) is 0.491. The van der Waals surface area contributed by atoms with Crippen molar-refractivity contribution in [2.45, 2.75) is 38.8 Å². The molecule has 1 N–H and O–H groups in total. The van der Waals surface area contributed by atoms with Gasteiger partial charge in [0.2, 0.25) is 0 Å². The fraction of sp³-hybridized carbons (Fsp3) is 1.00. The molecule has 1 unspecified atom stereocenters. The van der Waals surface area contributed by atoms with E-state index in [0.29, 0.717) is 19.0 Å². The smallest absolute Gasteiger partial charge is 0.316 e. The van der Waals surface area contributed by atoms with Crippen LogP contribution < -0.4 is 5.32 Å². The van der Waals surface area contributed by atoms with Crippen molar-refractivity contribution < 1.29 is 13.2 Å². The topological polar surface area (TPSA) is 15.3 Å². The highest BCUT2D eigenvalue weighted by molar-refractivity contribution is 4.88. The zero-order chi connectivity index (χ0) is 13.2. The van der Waals surface area contributed by atoms with Gasteiger partial charge < -0.3 is 5.32 Å². The van der Waals surface area contributed by atoms with Gasteiger partial charge in [-0.05, 0) is 37.1 Å². The van der Waals surface area contributed by atoms with E-state index in [4.69, 9.17) is 0 Å². The third-order valence-corrected chi connectivity index (χ3v) is 4.21. The Morgan fingerprint density at radius 1 is 1.33 bits per heavy atom. The predicted molar refractivity (Wildman–Crippen MR) is 65.4 cm³/mol. The Morgan fingerprint density at radius 2 is 2.06 bits per heavy atom. The van der Waals surface area contributed by atoms with Crippen LogP contribution in [0.1, 0.15) is 32.6 Å². The minimum atomic E-state index is -4.08. The summed E-state index contributed by atoms with van der Waals surface area (Å²) in [7, 11) is 0. The first kappa shape index (κ1) is 14.1. The van der Waals surface area contributed by atoms with Crippen molar-refractivity contribution in [2.24, 2.45) is 11.3 Å². The number of nitrogens with zero attached hydrogens (tertiary/aromatic N) is 1. The van der Waals surface area contributed by atoms with E-state index in [1.165, 1.54) is 6.42 Å². The largest absolute Gasteiger partial charge is 0.401 e. The molecule has 1 saturated heterocycles. The molecule has 1 atom stereocenters. The average molecular weight is 264 g/mol. The molecule has 1 saturated carbocycles. The van der Waals surface area contributed by atoms with Gasteiger partial charge in [-0.25, -0.2) is 0 Å². The summed E-state index contributed by atoms with van der Waals surface area (Å²) in [6, 6.07) is 0. The van der Waals surface area contributed by atoms with Crippen molar-refractivity contribution in [2.75, 3.05) is 32.7 Å². The lowest BCUT2D eigenvalue weighted by atomic mass is 9.83. The van der Waals surface area contributed by atoms with Crippen molar-refractivity contribution in [3.63, 3.8) is 0 Å². The number of hydrogen-bond donors (Lipinski definition) is 1. The molecule has 0 aromatic heterocycles. The highest BCUT2D eigenvalue weighted by Gasteiger charge is 2.37. The minimum absolute atomic E-state index is 0.00893. The Balaban J connectivity index is 1.90. The van der Waals surface area contributed by atoms with Crippen molar-refractivity contribution in [3.8, 4) is 0 Å². The molecule has 5 heteroatoms. The minimum Gasteiger partial charge on any atom is -0.316 e. The average Bonchev–Trinajstić information content (AvgIpc) is 2.56. The Morgan fingerprint density at radius 3 is 2.50 bits per heavy atom. The first-order valence-electron chi connectivity index (χ1n) is 6.86. The van der Waals surface area contributed by atoms with Crippen LogP contribution in [-0.2, 0) is 0 Å². The molecule has 2 aliphatic rings. The van der Waals surface area contributed by atoms with E-state index >= 15 is 0 Å². The Kier molecular flexibility index (Phi) is 4.22. The molecule has 0 bridgehead atoms. The van der Waals surface area contributed by atoms with Gasteiger partial charge in [0, 0.05) is 19.6 Å². The number of nitrogens with one attached hydrogen (secondary N) is 1. The molecule has 106 valence electrons. The van der Waals surface area contributed by atoms with Crippen LogP contribution in [0.4, 0.5) is 13.2 Å². The van der Waals surface area contributed by atoms with E-state index < -0.39 is 12.7 Å². The number of alkyl halides is 3. The zero-order valence-corrected chi connectivity index (χ0v) is 11.0. The van der Waals surface area contributed by atoms with Gasteiger partial charge in [0.25, 0.3) is 0 Å². The van der Waals surface area contributed by atoms with E-state index in [1.807, 2.05) is 0 Å². The van der Waals surface area contributed by atoms with Crippen molar-refractivity contribution in [1.82, 2.24) is 10.2 Å². The van der Waals surface area contributed by atoms with Gasteiger partial charge >= 0.3 is 6.18 Å². The van der Waals surface area contributed by atoms with Gasteiger partial charge in [0.15, 0.2) is 0 Å². The summed E-state index contributed by atoms with van der Waals surface area (Å²) in [5.41, 5.74) is 0.00893. The van der Waals surface area contributed by atoms with E-state index in [9.17, 15) is 13.2 Å². The summed E-state index contributed by atoms with van der Waals surface area (Å²) in [6.45, 7) is 4.30. The highest BCUT2D eigenvalue weighted by atomic mass is 19.4. The quantitative estimate of drug-likeness (QED) is 0.821. The summed E-state index contributed by atoms with van der Waals surface area (Å²) < 4.78 is 37.9. The van der Waals surface area contributed by atoms with Crippen molar-refractivity contribution in [1.29, 1.82) is 0 Å². The fourth-order valence-electron chi connectivity index (χ4n) is 3.02. The molecule has 1 aliphatic carbocycles. The molecule has 2 nitrogen and oxygen atoms in total. The van der Waals surface area contributed by atoms with Crippen LogP contribution in [0.3, 0.4) is 0 Å². The third kappa shape index (κ3) is 4.12. The third-order valence-electron chi connectivity index (χ3n) is 4.21. The number of halogens is 3. The molecule has 18 heavy (non-hydrogen) atoms. The van der Waals surface area contributed by atoms with Crippen molar-refractivity contribution >= 4 is 0 Å². The Labute approximate surface area is 107 Å². The highest BCUT2D eigenvalue weighted by Crippen LogP contribution is 2.32. The van der Waals surface area contributed by atoms with E-state index in [-0.39, 0.29) is 5.41 Å². The summed E-state index contributed by atoms with van der Waals surface area (Å²) in [4.78, 5) is 1.64. The first-order chi connectivity index (χ1) is 8.36. The maximum absolute atomic E-state index is 12.6. The van der Waals surface area contributed by atoms with Crippen molar-refractivity contribution in [3.05, 3.63) is 0 Å². The number of hydrogen-bond acceptors (Lipinski definition) is 2. The van der Waals surface area contributed by atoms with Crippen LogP contribution >= 0.6 is 0 Å². The molecule has 2 fully saturated rings. The predicted octanol–water partition coefficient (Wildman–Crippen LogP) is 2.65. The Hall–Kier alpha value is -0.290. The standard InChI is InChI=1S/C13H23F3N2/c1-12(5-6-17-8-12)9-18(10-13(14,15)16)7-11-3-2-4-11/h11,17H,2-10H2,1H3. The second-order valence-corrected chi connectivity index (χ2v) is 6.32. The van der Waals surface area contributed by atoms with Crippen LogP contribution in [0.25, 0.3) is 0 Å². The second kappa shape index (κ2) is 5.37. The van der Waals surface area contributed by atoms with Crippen LogP contribution in [-0.4, -0.2) is 43.8 Å². The lowest BCUT2D eigenvalue weighted by molar-refractivity contribution is -0.150. The molecule has 1 heterocycles. The normalized spacial score (nSPS) is 29.8. The van der Waals surface area contributed by atoms with Crippen LogP contribution in [0.2, 0.25) is 0 Å². The monoisotopic (exact) mass is 264 g/mol. The van der Waals surface area contributed by atoms with Gasteiger partial charge in [-0.1, -0.05) is 13.3 Å². The van der Waals surface area contributed by atoms with Gasteiger partial charge in [0.05, 0.1) is 6.54 Å². The maximum atomic E-state index is 12.6. The molecule has 0 amide bonds. The second-order valence-electron chi connectivity index (χ2n) is 6.32. The van der Waals surface area contributed by atoms with E-state index in [0.717, 1.165) is 32.4 Å². The lowest BCUT2D eigenvalue weighted by Gasteiger charge is -2.37. The fourth-order valence-corrected chi connectivity index (χ4v) is 3.02. The van der Waals surface area contributed by atoms with Crippen LogP contribution in [0, 0.1) is 11.3 Å². The Bertz CT molecular complexity index is 268. The molecular formula is C13H23F3N2. The van der Waals surface area contributed by atoms with Gasteiger partial charge in [-0.3, -0.25) is 4.90 Å². The first-order valence-corrected chi connectivity index (χ1v) is 6.86. The molecule has 0 spiro atoms. The van der Waals surface area contributed by atoms with Gasteiger partial charge in [-0.2, -0.15) is 13.2 Å². The molecular weight excluding hydrogens is 241 g/mol. The van der Waals surface area contributed by atoms with Crippen LogP contribution in [0.5, 0.6) is 0 Å². The van der Waals surface area contributed by atoms with E-state index in [2.05, 4.69) is 12.2 Å². The summed E-state index contributed by atoms with van der Waals surface area (Å²) in [6.07, 6.45) is 0.286. The SMILES string of the molecule is CC1(CN(CC2CCC2)CC(F)(F)F)CCNC1. The van der Waals surface area contributed by atoms with E-state index in [1.54, 1.807) is 4.90 Å². The van der Waals surface area contributed by atoms with Crippen LogP contribution in [0.15, 0.2) is 0 Å². The summed E-state index contributed by atoms with van der Waals surface area (Å²) in [5, 5.41) is 3.25. The van der Waals surface area contributed by atoms with Gasteiger partial charge in [-0.15, -0.1) is 0 Å². The molecule has 1 aliphatic heterocycles. The zero-order valence-electron chi connectivity index (χ0n) is 11.0. The maximum Gasteiger partial charge on any atom is 0.401 e.